The van der Waals surface area contributed by atoms with Crippen molar-refractivity contribution in [3.8, 4) is 0 Å². The lowest BCUT2D eigenvalue weighted by atomic mass is 10.4. The van der Waals surface area contributed by atoms with Gasteiger partial charge >= 0.3 is 0 Å². The molecule has 1 unspecified atom stereocenters. The topological polar surface area (TPSA) is 37.4 Å². The predicted molar refractivity (Wildman–Crippen MR) is 72.0 cm³/mol. The molecule has 0 spiro atoms. The van der Waals surface area contributed by atoms with Gasteiger partial charge in [0.25, 0.3) is 0 Å². The van der Waals surface area contributed by atoms with Gasteiger partial charge in [-0.25, -0.2) is 8.42 Å². The number of halogens is 1. The van der Waals surface area contributed by atoms with Gasteiger partial charge in [0.15, 0.2) is 0 Å². The Morgan fingerprint density at radius 2 is 2.29 bits per heavy atom. The Hall–Kier alpha value is -0.100. The molecule has 1 heterocycles. The third kappa shape index (κ3) is 3.02. The number of nitrogens with zero attached hydrogens (tertiary/aromatic N) is 1. The highest BCUT2D eigenvalue weighted by Gasteiger charge is 2.39. The average molecular weight is 294 g/mol. The molecule has 6 heteroatoms. The Morgan fingerprint density at radius 3 is 2.76 bits per heavy atom. The number of alkyl halides is 1. The molecule has 1 aromatic heterocycles. The van der Waals surface area contributed by atoms with Crippen molar-refractivity contribution in [2.24, 2.45) is 0 Å². The summed E-state index contributed by atoms with van der Waals surface area (Å²) in [6, 6.07) is 4.11. The van der Waals surface area contributed by atoms with E-state index in [0.717, 1.165) is 17.7 Å². The molecule has 1 saturated carbocycles. The van der Waals surface area contributed by atoms with Crippen LogP contribution in [0.4, 0.5) is 0 Å². The number of hydrogen-bond acceptors (Lipinski definition) is 3. The van der Waals surface area contributed by atoms with E-state index in [1.807, 2.05) is 17.5 Å². The minimum absolute atomic E-state index is 0.149. The Labute approximate surface area is 111 Å². The minimum Gasteiger partial charge on any atom is -0.212 e. The summed E-state index contributed by atoms with van der Waals surface area (Å²) < 4.78 is 26.3. The number of sulfonamides is 1. The highest BCUT2D eigenvalue weighted by atomic mass is 35.5. The first kappa shape index (κ1) is 13.3. The van der Waals surface area contributed by atoms with Crippen LogP contribution in [0.3, 0.4) is 0 Å². The van der Waals surface area contributed by atoms with Crippen LogP contribution >= 0.6 is 22.9 Å². The van der Waals surface area contributed by atoms with Crippen LogP contribution in [0.2, 0.25) is 0 Å². The molecule has 0 radical (unpaired) electrons. The summed E-state index contributed by atoms with van der Waals surface area (Å²) in [7, 11) is -3.26. The summed E-state index contributed by atoms with van der Waals surface area (Å²) in [5, 5.41) is 1.46. The molecule has 2 rings (SSSR count). The fraction of sp³-hybridized carbons (Fsp3) is 0.636. The van der Waals surface area contributed by atoms with Gasteiger partial charge in [0, 0.05) is 23.3 Å². The maximum absolute atomic E-state index is 12.3. The molecule has 1 fully saturated rings. The lowest BCUT2D eigenvalue weighted by Gasteiger charge is -2.24. The van der Waals surface area contributed by atoms with Gasteiger partial charge in [-0.05, 0) is 31.2 Å². The first-order chi connectivity index (χ1) is 8.05. The molecule has 0 saturated heterocycles. The zero-order valence-corrected chi connectivity index (χ0v) is 12.1. The van der Waals surface area contributed by atoms with Crippen molar-refractivity contribution in [3.05, 3.63) is 22.4 Å². The molecule has 0 amide bonds. The van der Waals surface area contributed by atoms with Crippen LogP contribution in [0, 0.1) is 0 Å². The Kier molecular flexibility index (Phi) is 4.13. The summed E-state index contributed by atoms with van der Waals surface area (Å²) in [5.41, 5.74) is 0. The van der Waals surface area contributed by atoms with Gasteiger partial charge in [-0.2, -0.15) is 4.31 Å². The Bertz CT molecular complexity index is 454. The van der Waals surface area contributed by atoms with Crippen molar-refractivity contribution in [2.45, 2.75) is 37.6 Å². The van der Waals surface area contributed by atoms with Crippen molar-refractivity contribution in [2.75, 3.05) is 5.88 Å². The first-order valence-electron chi connectivity index (χ1n) is 5.64. The standard InChI is InChI=1S/C11H16ClNO2S2/c1-9(7-12)17(14,15)13(10-4-5-10)8-11-3-2-6-16-11/h2-3,6,9-10H,4-5,7-8H2,1H3. The molecule has 0 aromatic carbocycles. The van der Waals surface area contributed by atoms with E-state index in [9.17, 15) is 8.42 Å². The van der Waals surface area contributed by atoms with E-state index in [1.165, 1.54) is 0 Å². The molecular formula is C11H16ClNO2S2. The van der Waals surface area contributed by atoms with Crippen molar-refractivity contribution in [3.63, 3.8) is 0 Å². The first-order valence-corrected chi connectivity index (χ1v) is 8.56. The molecule has 96 valence electrons. The third-order valence-corrected chi connectivity index (χ3v) is 6.67. The summed E-state index contributed by atoms with van der Waals surface area (Å²) in [5.74, 6) is 0.149. The molecule has 3 nitrogen and oxygen atoms in total. The van der Waals surface area contributed by atoms with Crippen LogP contribution in [0.5, 0.6) is 0 Å². The van der Waals surface area contributed by atoms with Gasteiger partial charge < -0.3 is 0 Å². The zero-order valence-electron chi connectivity index (χ0n) is 9.67. The number of thiophene rings is 1. The molecule has 0 bridgehead atoms. The van der Waals surface area contributed by atoms with Crippen LogP contribution in [0.1, 0.15) is 24.6 Å². The van der Waals surface area contributed by atoms with Gasteiger partial charge in [-0.1, -0.05) is 6.07 Å². The van der Waals surface area contributed by atoms with Crippen LogP contribution in [0.15, 0.2) is 17.5 Å². The maximum Gasteiger partial charge on any atom is 0.218 e. The molecule has 17 heavy (non-hydrogen) atoms. The molecule has 1 atom stereocenters. The van der Waals surface area contributed by atoms with E-state index >= 15 is 0 Å². The fourth-order valence-corrected chi connectivity index (χ4v) is 4.49. The number of hydrogen-bond donors (Lipinski definition) is 0. The second-order valence-corrected chi connectivity index (χ2v) is 8.01. The quantitative estimate of drug-likeness (QED) is 0.756. The van der Waals surface area contributed by atoms with E-state index in [1.54, 1.807) is 22.6 Å². The van der Waals surface area contributed by atoms with Crippen LogP contribution in [-0.4, -0.2) is 29.9 Å². The minimum atomic E-state index is -3.26. The van der Waals surface area contributed by atoms with Gasteiger partial charge in [0.1, 0.15) is 0 Å². The molecule has 1 aliphatic carbocycles. The van der Waals surface area contributed by atoms with Crippen LogP contribution in [0.25, 0.3) is 0 Å². The van der Waals surface area contributed by atoms with Crippen molar-refractivity contribution in [1.29, 1.82) is 0 Å². The summed E-state index contributed by atoms with van der Waals surface area (Å²) in [4.78, 5) is 1.09. The fourth-order valence-electron chi connectivity index (χ4n) is 1.66. The lowest BCUT2D eigenvalue weighted by Crippen LogP contribution is -2.39. The molecule has 0 aliphatic heterocycles. The van der Waals surface area contributed by atoms with Gasteiger partial charge in [0.2, 0.25) is 10.0 Å². The van der Waals surface area contributed by atoms with Gasteiger partial charge in [-0.3, -0.25) is 0 Å². The smallest absolute Gasteiger partial charge is 0.212 e. The molecular weight excluding hydrogens is 278 g/mol. The van der Waals surface area contributed by atoms with E-state index in [4.69, 9.17) is 11.6 Å². The molecule has 1 aliphatic rings. The average Bonchev–Trinajstić information content (AvgIpc) is 3.01. The summed E-state index contributed by atoms with van der Waals surface area (Å²) >= 11 is 7.28. The highest BCUT2D eigenvalue weighted by molar-refractivity contribution is 7.89. The molecule has 0 N–H and O–H groups in total. The van der Waals surface area contributed by atoms with Crippen LogP contribution < -0.4 is 0 Å². The predicted octanol–water partition coefficient (Wildman–Crippen LogP) is 2.67. The summed E-state index contributed by atoms with van der Waals surface area (Å²) in [6.45, 7) is 2.16. The molecule has 1 aromatic rings. The second kappa shape index (κ2) is 5.26. The highest BCUT2D eigenvalue weighted by Crippen LogP contribution is 2.33. The summed E-state index contributed by atoms with van der Waals surface area (Å²) in [6.07, 6.45) is 1.94. The Morgan fingerprint density at radius 1 is 1.59 bits per heavy atom. The largest absolute Gasteiger partial charge is 0.218 e. The normalized spacial score (nSPS) is 18.5. The van der Waals surface area contributed by atoms with E-state index < -0.39 is 15.3 Å². The van der Waals surface area contributed by atoms with Crippen molar-refractivity contribution < 1.29 is 8.42 Å². The lowest BCUT2D eigenvalue weighted by molar-refractivity contribution is 0.397. The van der Waals surface area contributed by atoms with Gasteiger partial charge in [0.05, 0.1) is 5.25 Å². The van der Waals surface area contributed by atoms with Gasteiger partial charge in [-0.15, -0.1) is 22.9 Å². The maximum atomic E-state index is 12.3. The monoisotopic (exact) mass is 293 g/mol. The zero-order chi connectivity index (χ0) is 12.5. The van der Waals surface area contributed by atoms with E-state index in [0.29, 0.717) is 6.54 Å². The van der Waals surface area contributed by atoms with Crippen LogP contribution in [-0.2, 0) is 16.6 Å². The van der Waals surface area contributed by atoms with E-state index in [2.05, 4.69) is 0 Å². The van der Waals surface area contributed by atoms with Crippen molar-refractivity contribution in [1.82, 2.24) is 4.31 Å². The Balaban J connectivity index is 2.17. The van der Waals surface area contributed by atoms with E-state index in [-0.39, 0.29) is 11.9 Å². The number of rotatable bonds is 6. The third-order valence-electron chi connectivity index (χ3n) is 2.90. The second-order valence-electron chi connectivity index (χ2n) is 4.37. The SMILES string of the molecule is CC(CCl)S(=O)(=O)N(Cc1cccs1)C1CC1. The van der Waals surface area contributed by atoms with Crippen molar-refractivity contribution >= 4 is 33.0 Å².